The maximum Gasteiger partial charge on any atom is 0.284 e. The standard InChI is InChI=1S/C10H15N3O/c1-2-3-5-8-6-4-7-12-9(8)10(14)13-11/h4,6-7H,2-3,5,11H2,1H3,(H,13,14). The highest BCUT2D eigenvalue weighted by molar-refractivity contribution is 5.93. The van der Waals surface area contributed by atoms with E-state index in [9.17, 15) is 4.79 Å². The van der Waals surface area contributed by atoms with E-state index >= 15 is 0 Å². The maximum absolute atomic E-state index is 11.3. The predicted octanol–water partition coefficient (Wildman–Crippen LogP) is 1.03. The average molecular weight is 193 g/mol. The number of nitrogens with zero attached hydrogens (tertiary/aromatic N) is 1. The molecule has 0 spiro atoms. The molecule has 1 aromatic rings. The second-order valence-electron chi connectivity index (χ2n) is 3.09. The Morgan fingerprint density at radius 2 is 2.43 bits per heavy atom. The molecule has 1 heterocycles. The van der Waals surface area contributed by atoms with Gasteiger partial charge in [-0.2, -0.15) is 0 Å². The number of hydrogen-bond acceptors (Lipinski definition) is 3. The lowest BCUT2D eigenvalue weighted by atomic mass is 10.1. The molecule has 0 aromatic carbocycles. The summed E-state index contributed by atoms with van der Waals surface area (Å²) in [5, 5.41) is 0. The smallest absolute Gasteiger partial charge is 0.284 e. The van der Waals surface area contributed by atoms with Gasteiger partial charge in [0.05, 0.1) is 0 Å². The first kappa shape index (κ1) is 10.7. The van der Waals surface area contributed by atoms with Gasteiger partial charge in [-0.15, -0.1) is 0 Å². The first-order chi connectivity index (χ1) is 6.79. The number of nitrogens with two attached hydrogens (primary N) is 1. The largest absolute Gasteiger partial charge is 0.289 e. The Bertz CT molecular complexity index is 312. The topological polar surface area (TPSA) is 68.0 Å². The number of rotatable bonds is 4. The summed E-state index contributed by atoms with van der Waals surface area (Å²) in [6.07, 6.45) is 4.61. The molecule has 0 aliphatic rings. The molecule has 14 heavy (non-hydrogen) atoms. The van der Waals surface area contributed by atoms with E-state index in [1.165, 1.54) is 0 Å². The molecule has 4 heteroatoms. The Labute approximate surface area is 83.5 Å². The van der Waals surface area contributed by atoms with Crippen molar-refractivity contribution in [3.63, 3.8) is 0 Å². The summed E-state index contributed by atoms with van der Waals surface area (Å²) in [5.74, 6) is 4.74. The molecule has 1 aromatic heterocycles. The van der Waals surface area contributed by atoms with Crippen molar-refractivity contribution in [2.24, 2.45) is 5.84 Å². The van der Waals surface area contributed by atoms with Crippen LogP contribution in [0.4, 0.5) is 0 Å². The van der Waals surface area contributed by atoms with E-state index in [0.29, 0.717) is 5.69 Å². The third-order valence-electron chi connectivity index (χ3n) is 2.04. The fourth-order valence-electron chi connectivity index (χ4n) is 1.28. The van der Waals surface area contributed by atoms with Crippen LogP contribution in [0.15, 0.2) is 18.3 Å². The highest BCUT2D eigenvalue weighted by Gasteiger charge is 2.09. The van der Waals surface area contributed by atoms with Gasteiger partial charge in [-0.1, -0.05) is 19.4 Å². The zero-order chi connectivity index (χ0) is 10.4. The van der Waals surface area contributed by atoms with Crippen molar-refractivity contribution in [1.82, 2.24) is 10.4 Å². The molecule has 0 fully saturated rings. The van der Waals surface area contributed by atoms with Crippen LogP contribution in [0.1, 0.15) is 35.8 Å². The predicted molar refractivity (Wildman–Crippen MR) is 54.5 cm³/mol. The van der Waals surface area contributed by atoms with E-state index in [4.69, 9.17) is 5.84 Å². The SMILES string of the molecule is CCCCc1cccnc1C(=O)NN. The van der Waals surface area contributed by atoms with Gasteiger partial charge in [0.15, 0.2) is 0 Å². The average Bonchev–Trinajstić information content (AvgIpc) is 2.25. The van der Waals surface area contributed by atoms with Crippen molar-refractivity contribution in [3.05, 3.63) is 29.6 Å². The van der Waals surface area contributed by atoms with Crippen molar-refractivity contribution in [2.75, 3.05) is 0 Å². The number of amides is 1. The second kappa shape index (κ2) is 5.34. The van der Waals surface area contributed by atoms with E-state index in [1.54, 1.807) is 6.20 Å². The van der Waals surface area contributed by atoms with Crippen LogP contribution < -0.4 is 11.3 Å². The molecule has 0 aliphatic heterocycles. The molecule has 0 saturated heterocycles. The monoisotopic (exact) mass is 193 g/mol. The molecule has 4 nitrogen and oxygen atoms in total. The quantitative estimate of drug-likeness (QED) is 0.426. The van der Waals surface area contributed by atoms with Crippen molar-refractivity contribution in [2.45, 2.75) is 26.2 Å². The van der Waals surface area contributed by atoms with Gasteiger partial charge in [0, 0.05) is 6.20 Å². The lowest BCUT2D eigenvalue weighted by molar-refractivity contribution is 0.0947. The molecule has 0 bridgehead atoms. The number of unbranched alkanes of at least 4 members (excludes halogenated alkanes) is 1. The number of carbonyl (C=O) groups is 1. The lowest BCUT2D eigenvalue weighted by Gasteiger charge is -2.05. The van der Waals surface area contributed by atoms with Crippen LogP contribution in [0.3, 0.4) is 0 Å². The third-order valence-corrected chi connectivity index (χ3v) is 2.04. The first-order valence-electron chi connectivity index (χ1n) is 4.74. The highest BCUT2D eigenvalue weighted by atomic mass is 16.2. The molecule has 76 valence electrons. The molecular weight excluding hydrogens is 178 g/mol. The second-order valence-corrected chi connectivity index (χ2v) is 3.09. The molecule has 0 unspecified atom stereocenters. The van der Waals surface area contributed by atoms with Crippen molar-refractivity contribution in [3.8, 4) is 0 Å². The summed E-state index contributed by atoms with van der Waals surface area (Å²) < 4.78 is 0. The van der Waals surface area contributed by atoms with E-state index in [0.717, 1.165) is 24.8 Å². The van der Waals surface area contributed by atoms with Crippen molar-refractivity contribution < 1.29 is 4.79 Å². The van der Waals surface area contributed by atoms with Gasteiger partial charge in [0.2, 0.25) is 0 Å². The van der Waals surface area contributed by atoms with E-state index in [-0.39, 0.29) is 5.91 Å². The summed E-state index contributed by atoms with van der Waals surface area (Å²) in [5.41, 5.74) is 3.49. The Hall–Kier alpha value is -1.42. The normalized spacial score (nSPS) is 9.86. The summed E-state index contributed by atoms with van der Waals surface area (Å²) in [7, 11) is 0. The zero-order valence-corrected chi connectivity index (χ0v) is 8.29. The number of hydrogen-bond donors (Lipinski definition) is 2. The Morgan fingerprint density at radius 1 is 1.64 bits per heavy atom. The van der Waals surface area contributed by atoms with Crippen LogP contribution in [0.2, 0.25) is 0 Å². The molecule has 0 atom stereocenters. The molecule has 0 aliphatic carbocycles. The minimum atomic E-state index is -0.322. The van der Waals surface area contributed by atoms with Crippen LogP contribution >= 0.6 is 0 Å². The van der Waals surface area contributed by atoms with Gasteiger partial charge in [-0.3, -0.25) is 15.2 Å². The third kappa shape index (κ3) is 2.53. The number of nitrogens with one attached hydrogen (secondary N) is 1. The maximum atomic E-state index is 11.3. The van der Waals surface area contributed by atoms with Gasteiger partial charge in [0.1, 0.15) is 5.69 Å². The molecule has 1 amide bonds. The number of carbonyl (C=O) groups excluding carboxylic acids is 1. The summed E-state index contributed by atoms with van der Waals surface area (Å²) in [6.45, 7) is 2.11. The Balaban J connectivity index is 2.85. The van der Waals surface area contributed by atoms with Gasteiger partial charge in [0.25, 0.3) is 5.91 Å². The zero-order valence-electron chi connectivity index (χ0n) is 8.29. The fraction of sp³-hybridized carbons (Fsp3) is 0.400. The van der Waals surface area contributed by atoms with Crippen LogP contribution in [-0.4, -0.2) is 10.9 Å². The van der Waals surface area contributed by atoms with Gasteiger partial charge in [-0.25, -0.2) is 5.84 Å². The van der Waals surface area contributed by atoms with Gasteiger partial charge >= 0.3 is 0 Å². The first-order valence-corrected chi connectivity index (χ1v) is 4.74. The minimum absolute atomic E-state index is 0.322. The molecule has 0 saturated carbocycles. The number of aryl methyl sites for hydroxylation is 1. The lowest BCUT2D eigenvalue weighted by Crippen LogP contribution is -2.31. The molecule has 0 radical (unpaired) electrons. The number of aromatic nitrogens is 1. The van der Waals surface area contributed by atoms with E-state index in [1.807, 2.05) is 12.1 Å². The fourth-order valence-corrected chi connectivity index (χ4v) is 1.28. The number of nitrogen functional groups attached to an aromatic ring is 1. The molecular formula is C10H15N3O. The van der Waals surface area contributed by atoms with Crippen LogP contribution in [0.5, 0.6) is 0 Å². The van der Waals surface area contributed by atoms with Crippen LogP contribution in [0.25, 0.3) is 0 Å². The summed E-state index contributed by atoms with van der Waals surface area (Å²) >= 11 is 0. The van der Waals surface area contributed by atoms with E-state index < -0.39 is 0 Å². The highest BCUT2D eigenvalue weighted by Crippen LogP contribution is 2.08. The number of pyridine rings is 1. The van der Waals surface area contributed by atoms with Gasteiger partial charge in [-0.05, 0) is 24.5 Å². The Morgan fingerprint density at radius 3 is 3.07 bits per heavy atom. The van der Waals surface area contributed by atoms with Crippen LogP contribution in [0, 0.1) is 0 Å². The molecule has 1 rings (SSSR count). The van der Waals surface area contributed by atoms with Crippen molar-refractivity contribution >= 4 is 5.91 Å². The van der Waals surface area contributed by atoms with E-state index in [2.05, 4.69) is 17.3 Å². The molecule has 3 N–H and O–H groups in total. The van der Waals surface area contributed by atoms with Gasteiger partial charge < -0.3 is 0 Å². The van der Waals surface area contributed by atoms with Crippen LogP contribution in [-0.2, 0) is 6.42 Å². The summed E-state index contributed by atoms with van der Waals surface area (Å²) in [4.78, 5) is 15.3. The van der Waals surface area contributed by atoms with Crippen molar-refractivity contribution in [1.29, 1.82) is 0 Å². The summed E-state index contributed by atoms with van der Waals surface area (Å²) in [6, 6.07) is 3.74. The minimum Gasteiger partial charge on any atom is -0.289 e. The Kier molecular flexibility index (Phi) is 4.07. The number of hydrazine groups is 1.